The fourth-order valence-corrected chi connectivity index (χ4v) is 3.21. The van der Waals surface area contributed by atoms with E-state index in [9.17, 15) is 0 Å². The van der Waals surface area contributed by atoms with Gasteiger partial charge in [0.2, 0.25) is 0 Å². The molecule has 0 atom stereocenters. The molecule has 5 rings (SSSR count). The SMILES string of the molecule is c1ccc(-n2nnc3c2CCN(c2cc(NC4CC4)ncn2)C3)cc1. The third-order valence-electron chi connectivity index (χ3n) is 4.71. The first-order chi connectivity index (χ1) is 12.4. The van der Waals surface area contributed by atoms with E-state index in [1.54, 1.807) is 6.33 Å². The van der Waals surface area contributed by atoms with Crippen molar-refractivity contribution in [3.8, 4) is 5.69 Å². The molecule has 1 aromatic carbocycles. The van der Waals surface area contributed by atoms with Gasteiger partial charge in [-0.25, -0.2) is 14.6 Å². The van der Waals surface area contributed by atoms with Crippen LogP contribution in [-0.2, 0) is 13.0 Å². The number of aromatic nitrogens is 5. The fourth-order valence-electron chi connectivity index (χ4n) is 3.21. The number of anilines is 2. The van der Waals surface area contributed by atoms with Gasteiger partial charge >= 0.3 is 0 Å². The van der Waals surface area contributed by atoms with Gasteiger partial charge in [-0.1, -0.05) is 23.4 Å². The lowest BCUT2D eigenvalue weighted by Crippen LogP contribution is -2.32. The zero-order chi connectivity index (χ0) is 16.6. The second-order valence-corrected chi connectivity index (χ2v) is 6.58. The summed E-state index contributed by atoms with van der Waals surface area (Å²) in [6, 6.07) is 12.8. The zero-order valence-corrected chi connectivity index (χ0v) is 13.8. The molecular weight excluding hydrogens is 314 g/mol. The van der Waals surface area contributed by atoms with Crippen molar-refractivity contribution in [3.63, 3.8) is 0 Å². The molecule has 1 fully saturated rings. The Morgan fingerprint density at radius 1 is 1.08 bits per heavy atom. The van der Waals surface area contributed by atoms with E-state index in [1.807, 2.05) is 28.9 Å². The molecule has 2 aromatic heterocycles. The molecule has 0 unspecified atom stereocenters. The van der Waals surface area contributed by atoms with Gasteiger partial charge in [-0.15, -0.1) is 5.10 Å². The van der Waals surface area contributed by atoms with Crippen molar-refractivity contribution >= 4 is 11.6 Å². The lowest BCUT2D eigenvalue weighted by Gasteiger charge is -2.27. The summed E-state index contributed by atoms with van der Waals surface area (Å²) >= 11 is 0. The van der Waals surface area contributed by atoms with Crippen LogP contribution in [0, 0.1) is 0 Å². The molecule has 0 amide bonds. The number of rotatable bonds is 4. The summed E-state index contributed by atoms with van der Waals surface area (Å²) in [7, 11) is 0. The summed E-state index contributed by atoms with van der Waals surface area (Å²) in [5.41, 5.74) is 3.26. The van der Waals surface area contributed by atoms with Crippen molar-refractivity contribution in [1.82, 2.24) is 25.0 Å². The quantitative estimate of drug-likeness (QED) is 0.789. The van der Waals surface area contributed by atoms with Crippen LogP contribution >= 0.6 is 0 Å². The topological polar surface area (TPSA) is 71.8 Å². The van der Waals surface area contributed by atoms with Crippen LogP contribution in [0.15, 0.2) is 42.7 Å². The van der Waals surface area contributed by atoms with Crippen LogP contribution in [0.4, 0.5) is 11.6 Å². The maximum Gasteiger partial charge on any atom is 0.134 e. The first kappa shape index (κ1) is 14.4. The summed E-state index contributed by atoms with van der Waals surface area (Å²) in [6.45, 7) is 1.62. The van der Waals surface area contributed by atoms with Gasteiger partial charge in [0.15, 0.2) is 0 Å². The highest BCUT2D eigenvalue weighted by Crippen LogP contribution is 2.27. The van der Waals surface area contributed by atoms with Crippen molar-refractivity contribution < 1.29 is 0 Å². The average Bonchev–Trinajstić information content (AvgIpc) is 3.38. The van der Waals surface area contributed by atoms with Crippen molar-refractivity contribution in [2.75, 3.05) is 16.8 Å². The third-order valence-corrected chi connectivity index (χ3v) is 4.71. The van der Waals surface area contributed by atoms with Gasteiger partial charge in [-0.3, -0.25) is 0 Å². The van der Waals surface area contributed by atoms with Gasteiger partial charge in [0.1, 0.15) is 23.7 Å². The maximum absolute atomic E-state index is 4.45. The number of nitrogens with one attached hydrogen (secondary N) is 1. The Kier molecular flexibility index (Phi) is 3.36. The number of hydrogen-bond donors (Lipinski definition) is 1. The predicted molar refractivity (Wildman–Crippen MR) is 94.8 cm³/mol. The number of para-hydroxylation sites is 1. The highest BCUT2D eigenvalue weighted by atomic mass is 15.4. The number of benzene rings is 1. The highest BCUT2D eigenvalue weighted by Gasteiger charge is 2.25. The Morgan fingerprint density at radius 2 is 1.96 bits per heavy atom. The summed E-state index contributed by atoms with van der Waals surface area (Å²) < 4.78 is 1.95. The number of nitrogens with zero attached hydrogens (tertiary/aromatic N) is 6. The van der Waals surface area contributed by atoms with Crippen LogP contribution < -0.4 is 10.2 Å². The second kappa shape index (κ2) is 5.84. The molecule has 1 aliphatic carbocycles. The molecule has 0 spiro atoms. The Balaban J connectivity index is 1.39. The first-order valence-corrected chi connectivity index (χ1v) is 8.69. The molecule has 7 heteroatoms. The summed E-state index contributed by atoms with van der Waals surface area (Å²) in [4.78, 5) is 11.0. The Morgan fingerprint density at radius 3 is 2.80 bits per heavy atom. The minimum Gasteiger partial charge on any atom is -0.367 e. The Hall–Kier alpha value is -2.96. The van der Waals surface area contributed by atoms with E-state index < -0.39 is 0 Å². The standard InChI is InChI=1S/C18H19N7/c1-2-4-14(5-3-1)25-16-8-9-24(11-15(16)22-23-25)18-10-17(19-12-20-18)21-13-6-7-13/h1-5,10,12-13H,6-9,11H2,(H,19,20,21). The Bertz CT molecular complexity index is 885. The Labute approximate surface area is 145 Å². The molecule has 3 heterocycles. The molecule has 25 heavy (non-hydrogen) atoms. The molecular formula is C18H19N7. The van der Waals surface area contributed by atoms with E-state index in [2.05, 4.69) is 42.6 Å². The van der Waals surface area contributed by atoms with Gasteiger partial charge in [0.25, 0.3) is 0 Å². The molecule has 126 valence electrons. The lowest BCUT2D eigenvalue weighted by molar-refractivity contribution is 0.684. The fraction of sp³-hybridized carbons (Fsp3) is 0.333. The summed E-state index contributed by atoms with van der Waals surface area (Å²) in [6.07, 6.45) is 4.99. The lowest BCUT2D eigenvalue weighted by atomic mass is 10.1. The largest absolute Gasteiger partial charge is 0.367 e. The number of fused-ring (bicyclic) bond motifs is 1. The third kappa shape index (κ3) is 2.82. The number of hydrogen-bond acceptors (Lipinski definition) is 6. The molecule has 0 saturated heterocycles. The van der Waals surface area contributed by atoms with Crippen LogP contribution in [0.25, 0.3) is 5.69 Å². The molecule has 0 radical (unpaired) electrons. The molecule has 1 N–H and O–H groups in total. The van der Waals surface area contributed by atoms with Gasteiger partial charge < -0.3 is 10.2 Å². The molecule has 1 saturated carbocycles. The smallest absolute Gasteiger partial charge is 0.134 e. The molecule has 3 aromatic rings. The van der Waals surface area contributed by atoms with Crippen molar-refractivity contribution in [2.24, 2.45) is 0 Å². The normalized spacial score (nSPS) is 16.6. The van der Waals surface area contributed by atoms with E-state index in [1.165, 1.54) is 18.5 Å². The molecule has 1 aliphatic heterocycles. The van der Waals surface area contributed by atoms with Crippen LogP contribution in [0.3, 0.4) is 0 Å². The molecule has 2 aliphatic rings. The van der Waals surface area contributed by atoms with Crippen LogP contribution in [0.5, 0.6) is 0 Å². The summed E-state index contributed by atoms with van der Waals surface area (Å²) in [5, 5.41) is 12.2. The van der Waals surface area contributed by atoms with Gasteiger partial charge in [-0.2, -0.15) is 0 Å². The maximum atomic E-state index is 4.45. The van der Waals surface area contributed by atoms with E-state index in [4.69, 9.17) is 0 Å². The van der Waals surface area contributed by atoms with Gasteiger partial charge in [0.05, 0.1) is 17.9 Å². The van der Waals surface area contributed by atoms with Crippen molar-refractivity contribution in [3.05, 3.63) is 54.1 Å². The van der Waals surface area contributed by atoms with E-state index in [-0.39, 0.29) is 0 Å². The van der Waals surface area contributed by atoms with Gasteiger partial charge in [0, 0.05) is 25.1 Å². The molecule has 0 bridgehead atoms. The van der Waals surface area contributed by atoms with E-state index >= 15 is 0 Å². The second-order valence-electron chi connectivity index (χ2n) is 6.58. The average molecular weight is 333 g/mol. The zero-order valence-electron chi connectivity index (χ0n) is 13.8. The van der Waals surface area contributed by atoms with E-state index in [0.29, 0.717) is 6.04 Å². The van der Waals surface area contributed by atoms with Gasteiger partial charge in [-0.05, 0) is 25.0 Å². The van der Waals surface area contributed by atoms with Crippen LogP contribution in [-0.4, -0.2) is 37.5 Å². The summed E-state index contributed by atoms with van der Waals surface area (Å²) in [5.74, 6) is 1.85. The minimum absolute atomic E-state index is 0.585. The molecule has 7 nitrogen and oxygen atoms in total. The monoisotopic (exact) mass is 333 g/mol. The van der Waals surface area contributed by atoms with E-state index in [0.717, 1.165) is 42.5 Å². The van der Waals surface area contributed by atoms with Crippen LogP contribution in [0.2, 0.25) is 0 Å². The van der Waals surface area contributed by atoms with Crippen molar-refractivity contribution in [1.29, 1.82) is 0 Å². The van der Waals surface area contributed by atoms with Crippen molar-refractivity contribution in [2.45, 2.75) is 31.8 Å². The highest BCUT2D eigenvalue weighted by molar-refractivity contribution is 5.50. The minimum atomic E-state index is 0.585. The van der Waals surface area contributed by atoms with Crippen LogP contribution in [0.1, 0.15) is 24.2 Å². The first-order valence-electron chi connectivity index (χ1n) is 8.69. The predicted octanol–water partition coefficient (Wildman–Crippen LogP) is 2.19.